The molecule has 0 aromatic heterocycles. The number of rotatable bonds is 1. The maximum atomic E-state index is 10.8. The molecule has 51 valence electrons. The van der Waals surface area contributed by atoms with Crippen molar-refractivity contribution >= 4 is 5.91 Å². The Morgan fingerprint density at radius 3 is 2.67 bits per heavy atom. The lowest BCUT2D eigenvalue weighted by atomic mass is 10.1. The van der Waals surface area contributed by atoms with Gasteiger partial charge in [-0.15, -0.1) is 0 Å². The lowest BCUT2D eigenvalue weighted by Gasteiger charge is -2.38. The van der Waals surface area contributed by atoms with Gasteiger partial charge in [0, 0.05) is 12.6 Å². The predicted octanol–water partition coefficient (Wildman–Crippen LogP) is -0.620. The molecule has 3 nitrogen and oxygen atoms in total. The van der Waals surface area contributed by atoms with Crippen molar-refractivity contribution in [2.75, 3.05) is 13.1 Å². The van der Waals surface area contributed by atoms with Crippen LogP contribution in [0.5, 0.6) is 0 Å². The zero-order valence-electron chi connectivity index (χ0n) is 5.34. The van der Waals surface area contributed by atoms with E-state index in [9.17, 15) is 4.79 Å². The molecule has 0 aromatic carbocycles. The van der Waals surface area contributed by atoms with Crippen LogP contribution < -0.4 is 5.73 Å². The molecule has 0 bridgehead atoms. The van der Waals surface area contributed by atoms with E-state index in [0.717, 1.165) is 13.0 Å². The Balaban J connectivity index is 2.35. The zero-order valence-corrected chi connectivity index (χ0v) is 5.34. The summed E-state index contributed by atoms with van der Waals surface area (Å²) in [5.41, 5.74) is 5.13. The lowest BCUT2D eigenvalue weighted by Crippen LogP contribution is -2.51. The Morgan fingerprint density at radius 1 is 1.89 bits per heavy atom. The minimum atomic E-state index is 0.0150. The molecule has 1 heterocycles. The van der Waals surface area contributed by atoms with Crippen LogP contribution in [0.15, 0.2) is 0 Å². The molecule has 1 atom stereocenters. The summed E-state index contributed by atoms with van der Waals surface area (Å²) in [4.78, 5) is 12.5. The van der Waals surface area contributed by atoms with Crippen molar-refractivity contribution in [2.45, 2.75) is 12.5 Å². The minimum absolute atomic E-state index is 0.0150. The highest BCUT2D eigenvalue weighted by atomic mass is 16.2. The molecule has 1 amide bonds. The lowest BCUT2D eigenvalue weighted by molar-refractivity contribution is -0.135. The number of nitrogens with two attached hydrogens (primary N) is 1. The summed E-state index contributed by atoms with van der Waals surface area (Å²) in [7, 11) is 0. The van der Waals surface area contributed by atoms with Gasteiger partial charge in [0.25, 0.3) is 0 Å². The van der Waals surface area contributed by atoms with Crippen LogP contribution in [0.1, 0.15) is 6.42 Å². The van der Waals surface area contributed by atoms with Crippen LogP contribution in [0.2, 0.25) is 0 Å². The van der Waals surface area contributed by atoms with Crippen molar-refractivity contribution in [3.63, 3.8) is 0 Å². The predicted molar refractivity (Wildman–Crippen MR) is 34.5 cm³/mol. The smallest absolute Gasteiger partial charge is 0.236 e. The normalized spacial score (nSPS) is 25.6. The molecule has 0 saturated carbocycles. The summed E-state index contributed by atoms with van der Waals surface area (Å²) in [6.45, 7) is 4.70. The average Bonchev–Trinajstić information content (AvgIpc) is 1.84. The molecule has 1 radical (unpaired) electrons. The molecule has 1 rings (SSSR count). The van der Waals surface area contributed by atoms with Crippen LogP contribution in [0.25, 0.3) is 0 Å². The van der Waals surface area contributed by atoms with E-state index in [0.29, 0.717) is 0 Å². The third kappa shape index (κ3) is 1.05. The van der Waals surface area contributed by atoms with Gasteiger partial charge in [0.15, 0.2) is 0 Å². The SMILES string of the molecule is [CH2]C1CCN1C(=O)CN. The molecule has 1 fully saturated rings. The molecular formula is C6H11N2O. The number of carbonyl (C=O) groups is 1. The van der Waals surface area contributed by atoms with Gasteiger partial charge < -0.3 is 10.6 Å². The molecule has 2 N–H and O–H groups in total. The second-order valence-corrected chi connectivity index (χ2v) is 2.23. The van der Waals surface area contributed by atoms with E-state index in [4.69, 9.17) is 5.73 Å². The quantitative estimate of drug-likeness (QED) is 0.510. The van der Waals surface area contributed by atoms with E-state index >= 15 is 0 Å². The fraction of sp³-hybridized carbons (Fsp3) is 0.667. The van der Waals surface area contributed by atoms with Crippen LogP contribution in [0.4, 0.5) is 0 Å². The Hall–Kier alpha value is -0.570. The Bertz CT molecular complexity index is 124. The van der Waals surface area contributed by atoms with Crippen molar-refractivity contribution in [3.8, 4) is 0 Å². The van der Waals surface area contributed by atoms with Gasteiger partial charge in [-0.1, -0.05) is 0 Å². The van der Waals surface area contributed by atoms with Crippen molar-refractivity contribution < 1.29 is 4.79 Å². The molecule has 0 aromatic rings. The molecule has 1 aliphatic heterocycles. The molecule has 1 saturated heterocycles. The summed E-state index contributed by atoms with van der Waals surface area (Å²) in [5, 5.41) is 0. The number of amides is 1. The second kappa shape index (κ2) is 2.35. The van der Waals surface area contributed by atoms with Gasteiger partial charge in [0.2, 0.25) is 5.91 Å². The monoisotopic (exact) mass is 127 g/mol. The van der Waals surface area contributed by atoms with Gasteiger partial charge in [0.1, 0.15) is 0 Å². The van der Waals surface area contributed by atoms with Crippen LogP contribution in [-0.4, -0.2) is 29.9 Å². The average molecular weight is 127 g/mol. The third-order valence-corrected chi connectivity index (χ3v) is 1.64. The number of carbonyl (C=O) groups excluding carboxylic acids is 1. The first-order chi connectivity index (χ1) is 4.25. The van der Waals surface area contributed by atoms with E-state index in [1.54, 1.807) is 4.90 Å². The molecule has 1 aliphatic rings. The van der Waals surface area contributed by atoms with Gasteiger partial charge in [-0.25, -0.2) is 0 Å². The van der Waals surface area contributed by atoms with Crippen molar-refractivity contribution in [2.24, 2.45) is 5.73 Å². The van der Waals surface area contributed by atoms with Gasteiger partial charge in [-0.3, -0.25) is 4.79 Å². The topological polar surface area (TPSA) is 46.3 Å². The van der Waals surface area contributed by atoms with Gasteiger partial charge in [-0.2, -0.15) is 0 Å². The highest BCUT2D eigenvalue weighted by Crippen LogP contribution is 2.14. The van der Waals surface area contributed by atoms with Crippen molar-refractivity contribution in [1.82, 2.24) is 4.90 Å². The van der Waals surface area contributed by atoms with E-state index in [-0.39, 0.29) is 18.5 Å². The highest BCUT2D eigenvalue weighted by Gasteiger charge is 2.26. The first-order valence-electron chi connectivity index (χ1n) is 3.08. The molecular weight excluding hydrogens is 116 g/mol. The summed E-state index contributed by atoms with van der Waals surface area (Å²) < 4.78 is 0. The molecule has 0 spiro atoms. The number of likely N-dealkylation sites (tertiary alicyclic amines) is 1. The number of hydrogen-bond donors (Lipinski definition) is 1. The fourth-order valence-corrected chi connectivity index (χ4v) is 0.886. The first kappa shape index (κ1) is 6.55. The second-order valence-electron chi connectivity index (χ2n) is 2.23. The summed E-state index contributed by atoms with van der Waals surface area (Å²) in [6.07, 6.45) is 1.02. The van der Waals surface area contributed by atoms with Gasteiger partial charge in [0.05, 0.1) is 6.54 Å². The molecule has 1 unspecified atom stereocenters. The van der Waals surface area contributed by atoms with E-state index in [1.807, 2.05) is 0 Å². The van der Waals surface area contributed by atoms with Gasteiger partial charge in [-0.05, 0) is 13.3 Å². The molecule has 0 aliphatic carbocycles. The Labute approximate surface area is 54.8 Å². The van der Waals surface area contributed by atoms with Crippen molar-refractivity contribution in [3.05, 3.63) is 6.92 Å². The van der Waals surface area contributed by atoms with E-state index in [2.05, 4.69) is 6.92 Å². The van der Waals surface area contributed by atoms with Crippen LogP contribution >= 0.6 is 0 Å². The summed E-state index contributed by atoms with van der Waals surface area (Å²) in [6, 6.07) is 0.182. The zero-order chi connectivity index (χ0) is 6.85. The third-order valence-electron chi connectivity index (χ3n) is 1.64. The summed E-state index contributed by atoms with van der Waals surface area (Å²) in [5.74, 6) is 0.0150. The van der Waals surface area contributed by atoms with Crippen LogP contribution in [-0.2, 0) is 4.79 Å². The van der Waals surface area contributed by atoms with E-state index in [1.165, 1.54) is 0 Å². The van der Waals surface area contributed by atoms with Gasteiger partial charge >= 0.3 is 0 Å². The fourth-order valence-electron chi connectivity index (χ4n) is 0.886. The number of nitrogens with zero attached hydrogens (tertiary/aromatic N) is 1. The van der Waals surface area contributed by atoms with E-state index < -0.39 is 0 Å². The maximum Gasteiger partial charge on any atom is 0.236 e. The summed E-state index contributed by atoms with van der Waals surface area (Å²) >= 11 is 0. The molecule has 3 heteroatoms. The standard InChI is InChI=1S/C6H11N2O/c1-5-2-3-8(5)6(9)4-7/h5H,1-4,7H2. The highest BCUT2D eigenvalue weighted by molar-refractivity contribution is 5.79. The molecule has 9 heavy (non-hydrogen) atoms. The Kier molecular flexibility index (Phi) is 1.71. The maximum absolute atomic E-state index is 10.8. The van der Waals surface area contributed by atoms with Crippen molar-refractivity contribution in [1.29, 1.82) is 0 Å². The minimum Gasteiger partial charge on any atom is -0.338 e. The van der Waals surface area contributed by atoms with Crippen LogP contribution in [0.3, 0.4) is 0 Å². The Morgan fingerprint density at radius 2 is 2.56 bits per heavy atom. The first-order valence-corrected chi connectivity index (χ1v) is 3.08. The van der Waals surface area contributed by atoms with Crippen LogP contribution in [0, 0.1) is 6.92 Å². The largest absolute Gasteiger partial charge is 0.338 e. The number of hydrogen-bond acceptors (Lipinski definition) is 2.